The molecule has 3 nitrogen and oxygen atoms in total. The summed E-state index contributed by atoms with van der Waals surface area (Å²) in [5, 5.41) is 18.1. The number of hydrogen-bond acceptors (Lipinski definition) is 3. The van der Waals surface area contributed by atoms with Crippen LogP contribution in [0.15, 0.2) is 22.7 Å². The van der Waals surface area contributed by atoms with Crippen LogP contribution >= 0.6 is 15.9 Å². The molecule has 0 spiro atoms. The highest BCUT2D eigenvalue weighted by Crippen LogP contribution is 2.32. The third kappa shape index (κ3) is 2.06. The van der Waals surface area contributed by atoms with Crippen molar-refractivity contribution in [3.63, 3.8) is 0 Å². The zero-order valence-corrected chi connectivity index (χ0v) is 10.4. The van der Waals surface area contributed by atoms with Gasteiger partial charge in [0.05, 0.1) is 30.0 Å². The lowest BCUT2D eigenvalue weighted by molar-refractivity contribution is 0.266. The van der Waals surface area contributed by atoms with Crippen molar-refractivity contribution in [3.8, 4) is 6.07 Å². The Morgan fingerprint density at radius 2 is 2.38 bits per heavy atom. The standard InChI is InChI=1S/C12H13BrN2O/c13-11-6-9(7-14)3-4-12(11)15-5-1-2-10(15)8-16/h3-4,6,10,16H,1-2,5,8H2. The van der Waals surface area contributed by atoms with E-state index in [4.69, 9.17) is 5.26 Å². The van der Waals surface area contributed by atoms with Crippen LogP contribution in [0.1, 0.15) is 18.4 Å². The number of rotatable bonds is 2. The van der Waals surface area contributed by atoms with E-state index in [1.165, 1.54) is 0 Å². The fraction of sp³-hybridized carbons (Fsp3) is 0.417. The summed E-state index contributed by atoms with van der Waals surface area (Å²) in [5.74, 6) is 0. The largest absolute Gasteiger partial charge is 0.394 e. The second-order valence-electron chi connectivity index (χ2n) is 3.95. The Morgan fingerprint density at radius 3 is 3.00 bits per heavy atom. The number of nitrogens with zero attached hydrogens (tertiary/aromatic N) is 2. The SMILES string of the molecule is N#Cc1ccc(N2CCCC2CO)c(Br)c1. The highest BCUT2D eigenvalue weighted by molar-refractivity contribution is 9.10. The molecule has 1 heterocycles. The summed E-state index contributed by atoms with van der Waals surface area (Å²) in [7, 11) is 0. The van der Waals surface area contributed by atoms with Gasteiger partial charge in [-0.25, -0.2) is 0 Å². The number of aliphatic hydroxyl groups excluding tert-OH is 1. The third-order valence-electron chi connectivity index (χ3n) is 2.97. The second kappa shape index (κ2) is 4.86. The Balaban J connectivity index is 2.30. The molecule has 1 fully saturated rings. The van der Waals surface area contributed by atoms with Crippen LogP contribution in [0.5, 0.6) is 0 Å². The molecule has 1 N–H and O–H groups in total. The molecule has 1 aromatic rings. The van der Waals surface area contributed by atoms with Gasteiger partial charge in [-0.1, -0.05) is 0 Å². The molecule has 0 saturated carbocycles. The van der Waals surface area contributed by atoms with Gasteiger partial charge in [-0.2, -0.15) is 5.26 Å². The van der Waals surface area contributed by atoms with Gasteiger partial charge in [-0.15, -0.1) is 0 Å². The molecule has 1 aliphatic heterocycles. The van der Waals surface area contributed by atoms with Crippen molar-refractivity contribution in [2.24, 2.45) is 0 Å². The van der Waals surface area contributed by atoms with E-state index in [-0.39, 0.29) is 12.6 Å². The van der Waals surface area contributed by atoms with E-state index in [1.807, 2.05) is 18.2 Å². The van der Waals surface area contributed by atoms with E-state index in [0.29, 0.717) is 5.56 Å². The number of nitriles is 1. The van der Waals surface area contributed by atoms with Crippen molar-refractivity contribution >= 4 is 21.6 Å². The first kappa shape index (κ1) is 11.4. The Morgan fingerprint density at radius 1 is 1.56 bits per heavy atom. The van der Waals surface area contributed by atoms with Crippen LogP contribution < -0.4 is 4.90 Å². The second-order valence-corrected chi connectivity index (χ2v) is 4.80. The molecule has 0 aromatic heterocycles. The Labute approximate surface area is 103 Å². The van der Waals surface area contributed by atoms with E-state index in [0.717, 1.165) is 29.5 Å². The number of benzene rings is 1. The minimum Gasteiger partial charge on any atom is -0.394 e. The lowest BCUT2D eigenvalue weighted by Gasteiger charge is -2.26. The van der Waals surface area contributed by atoms with E-state index in [1.54, 1.807) is 0 Å². The predicted molar refractivity (Wildman–Crippen MR) is 66.3 cm³/mol. The molecule has 0 radical (unpaired) electrons. The van der Waals surface area contributed by atoms with Crippen LogP contribution in [0.3, 0.4) is 0 Å². The molecular formula is C12H13BrN2O. The van der Waals surface area contributed by atoms with Gasteiger partial charge in [0.2, 0.25) is 0 Å². The number of hydrogen-bond donors (Lipinski definition) is 1. The van der Waals surface area contributed by atoms with Gasteiger partial charge in [0.15, 0.2) is 0 Å². The molecule has 1 aromatic carbocycles. The van der Waals surface area contributed by atoms with Crippen LogP contribution in [0.4, 0.5) is 5.69 Å². The van der Waals surface area contributed by atoms with Crippen molar-refractivity contribution in [2.75, 3.05) is 18.1 Å². The Kier molecular flexibility index (Phi) is 3.47. The quantitative estimate of drug-likeness (QED) is 0.904. The highest BCUT2D eigenvalue weighted by atomic mass is 79.9. The first-order valence-electron chi connectivity index (χ1n) is 5.33. The van der Waals surface area contributed by atoms with Crippen molar-refractivity contribution in [3.05, 3.63) is 28.2 Å². The summed E-state index contributed by atoms with van der Waals surface area (Å²) in [5.41, 5.74) is 1.71. The Bertz CT molecular complexity index is 428. The van der Waals surface area contributed by atoms with Gasteiger partial charge in [-0.05, 0) is 47.0 Å². The van der Waals surface area contributed by atoms with Crippen LogP contribution in [0.25, 0.3) is 0 Å². The van der Waals surface area contributed by atoms with Gasteiger partial charge in [0.1, 0.15) is 0 Å². The van der Waals surface area contributed by atoms with Crippen molar-refractivity contribution in [2.45, 2.75) is 18.9 Å². The number of anilines is 1. The average Bonchev–Trinajstić information content (AvgIpc) is 2.76. The predicted octanol–water partition coefficient (Wildman–Crippen LogP) is 2.28. The average molecular weight is 281 g/mol. The summed E-state index contributed by atoms with van der Waals surface area (Å²) >= 11 is 3.48. The van der Waals surface area contributed by atoms with Gasteiger partial charge >= 0.3 is 0 Å². The molecule has 1 saturated heterocycles. The van der Waals surface area contributed by atoms with Crippen LogP contribution in [0.2, 0.25) is 0 Å². The van der Waals surface area contributed by atoms with Crippen LogP contribution in [-0.4, -0.2) is 24.3 Å². The van der Waals surface area contributed by atoms with E-state index >= 15 is 0 Å². The fourth-order valence-electron chi connectivity index (χ4n) is 2.15. The maximum atomic E-state index is 9.28. The summed E-state index contributed by atoms with van der Waals surface area (Å²) in [6, 6.07) is 7.90. The molecular weight excluding hydrogens is 268 g/mol. The molecule has 0 aliphatic carbocycles. The Hall–Kier alpha value is -1.05. The zero-order valence-electron chi connectivity index (χ0n) is 8.86. The zero-order chi connectivity index (χ0) is 11.5. The monoisotopic (exact) mass is 280 g/mol. The van der Waals surface area contributed by atoms with Crippen LogP contribution in [-0.2, 0) is 0 Å². The molecule has 4 heteroatoms. The molecule has 1 aliphatic rings. The normalized spacial score (nSPS) is 19.8. The molecule has 2 rings (SSSR count). The van der Waals surface area contributed by atoms with Crippen LogP contribution in [0, 0.1) is 11.3 Å². The fourth-order valence-corrected chi connectivity index (χ4v) is 2.76. The summed E-state index contributed by atoms with van der Waals surface area (Å²) < 4.78 is 0.923. The molecule has 0 bridgehead atoms. The number of halogens is 1. The lowest BCUT2D eigenvalue weighted by atomic mass is 10.2. The third-order valence-corrected chi connectivity index (χ3v) is 3.61. The smallest absolute Gasteiger partial charge is 0.0992 e. The van der Waals surface area contributed by atoms with Gasteiger partial charge in [-0.3, -0.25) is 0 Å². The van der Waals surface area contributed by atoms with Crippen molar-refractivity contribution in [1.82, 2.24) is 0 Å². The minimum absolute atomic E-state index is 0.187. The van der Waals surface area contributed by atoms with E-state index in [9.17, 15) is 5.11 Å². The maximum absolute atomic E-state index is 9.28. The first-order chi connectivity index (χ1) is 7.76. The first-order valence-corrected chi connectivity index (χ1v) is 6.12. The maximum Gasteiger partial charge on any atom is 0.0992 e. The summed E-state index contributed by atoms with van der Waals surface area (Å²) in [6.45, 7) is 1.15. The van der Waals surface area contributed by atoms with Gasteiger partial charge < -0.3 is 10.0 Å². The summed E-state index contributed by atoms with van der Waals surface area (Å²) in [6.07, 6.45) is 2.14. The van der Waals surface area contributed by atoms with E-state index < -0.39 is 0 Å². The molecule has 84 valence electrons. The molecule has 1 atom stereocenters. The summed E-state index contributed by atoms with van der Waals surface area (Å²) in [4.78, 5) is 2.20. The molecule has 0 amide bonds. The topological polar surface area (TPSA) is 47.3 Å². The number of aliphatic hydroxyl groups is 1. The highest BCUT2D eigenvalue weighted by Gasteiger charge is 2.25. The minimum atomic E-state index is 0.187. The van der Waals surface area contributed by atoms with Crippen molar-refractivity contribution in [1.29, 1.82) is 5.26 Å². The lowest BCUT2D eigenvalue weighted by Crippen LogP contribution is -2.32. The molecule has 1 unspecified atom stereocenters. The van der Waals surface area contributed by atoms with Gasteiger partial charge in [0, 0.05) is 11.0 Å². The molecule has 16 heavy (non-hydrogen) atoms. The van der Waals surface area contributed by atoms with E-state index in [2.05, 4.69) is 26.9 Å². The van der Waals surface area contributed by atoms with Crippen molar-refractivity contribution < 1.29 is 5.11 Å². The van der Waals surface area contributed by atoms with Gasteiger partial charge in [0.25, 0.3) is 0 Å².